The predicted molar refractivity (Wildman–Crippen MR) is 173 cm³/mol. The maximum absolute atomic E-state index is 13.3. The van der Waals surface area contributed by atoms with E-state index < -0.39 is 36.0 Å². The molecule has 2 unspecified atom stereocenters. The van der Waals surface area contributed by atoms with E-state index in [-0.39, 0.29) is 61.3 Å². The first-order chi connectivity index (χ1) is 22.4. The summed E-state index contributed by atoms with van der Waals surface area (Å²) in [5.74, 6) is -2.09. The molecular weight excluding hydrogens is 634 g/mol. The third kappa shape index (κ3) is 13.5. The largest absolute Gasteiger partial charge is 0.443 e. The van der Waals surface area contributed by atoms with Crippen molar-refractivity contribution in [1.29, 1.82) is 0 Å². The van der Waals surface area contributed by atoms with Gasteiger partial charge in [0, 0.05) is 31.6 Å². The third-order valence-electron chi connectivity index (χ3n) is 7.32. The van der Waals surface area contributed by atoms with Crippen molar-refractivity contribution in [2.75, 3.05) is 24.7 Å². The summed E-state index contributed by atoms with van der Waals surface area (Å²) < 4.78 is 4.76. The first-order valence-electron chi connectivity index (χ1n) is 15.3. The van der Waals surface area contributed by atoms with E-state index >= 15 is 0 Å². The van der Waals surface area contributed by atoms with Gasteiger partial charge in [-0.25, -0.2) is 15.1 Å². The summed E-state index contributed by atoms with van der Waals surface area (Å²) >= 11 is 1.36. The minimum absolute atomic E-state index is 0.117. The summed E-state index contributed by atoms with van der Waals surface area (Å²) in [4.78, 5) is 87.0. The van der Waals surface area contributed by atoms with Gasteiger partial charge in [0.1, 0.15) is 18.7 Å². The van der Waals surface area contributed by atoms with E-state index in [4.69, 9.17) is 15.7 Å². The summed E-state index contributed by atoms with van der Waals surface area (Å²) in [7, 11) is 0. The van der Waals surface area contributed by atoms with Crippen LogP contribution in [-0.4, -0.2) is 88.4 Å². The number of nitrogens with one attached hydrogen (secondary N) is 5. The van der Waals surface area contributed by atoms with Crippen molar-refractivity contribution in [3.63, 3.8) is 0 Å². The van der Waals surface area contributed by atoms with E-state index in [2.05, 4.69) is 21.3 Å². The zero-order valence-corrected chi connectivity index (χ0v) is 27.7. The number of carbonyl (C=O) groups excluding carboxylic acids is 7. The zero-order chi connectivity index (χ0) is 34.9. The molecule has 260 valence electrons. The highest BCUT2D eigenvalue weighted by atomic mass is 32.2. The Bertz CT molecular complexity index is 1260. The van der Waals surface area contributed by atoms with Crippen LogP contribution in [0.15, 0.2) is 24.3 Å². The monoisotopic (exact) mass is 679 g/mol. The molecule has 1 aliphatic heterocycles. The summed E-state index contributed by atoms with van der Waals surface area (Å²) in [6, 6.07) is 3.66. The van der Waals surface area contributed by atoms with E-state index in [0.717, 1.165) is 0 Å². The number of unbranched alkanes of at least 4 members (excludes halogenated alkanes) is 2. The fourth-order valence-corrected chi connectivity index (χ4v) is 5.37. The van der Waals surface area contributed by atoms with Gasteiger partial charge < -0.3 is 31.7 Å². The molecular formula is C30H45N7O9S. The lowest BCUT2D eigenvalue weighted by Gasteiger charge is -2.25. The summed E-state index contributed by atoms with van der Waals surface area (Å²) in [5, 5.41) is 18.8. The van der Waals surface area contributed by atoms with Crippen LogP contribution < -0.4 is 32.5 Å². The average Bonchev–Trinajstić information content (AvgIpc) is 3.31. The van der Waals surface area contributed by atoms with Crippen LogP contribution in [0, 0.1) is 5.92 Å². The second kappa shape index (κ2) is 20.0. The van der Waals surface area contributed by atoms with Crippen LogP contribution >= 0.6 is 11.8 Å². The second-order valence-electron chi connectivity index (χ2n) is 11.3. The number of nitrogens with zero attached hydrogens (tertiary/aromatic N) is 1. The average molecular weight is 680 g/mol. The zero-order valence-electron chi connectivity index (χ0n) is 26.8. The van der Waals surface area contributed by atoms with Gasteiger partial charge in [-0.2, -0.15) is 11.8 Å². The van der Waals surface area contributed by atoms with Crippen LogP contribution in [-0.2, 0) is 35.3 Å². The van der Waals surface area contributed by atoms with E-state index in [1.807, 2.05) is 0 Å². The van der Waals surface area contributed by atoms with Gasteiger partial charge in [0.05, 0.1) is 5.25 Å². The lowest BCUT2D eigenvalue weighted by atomic mass is 10.0. The van der Waals surface area contributed by atoms with Crippen LogP contribution in [0.2, 0.25) is 0 Å². The minimum atomic E-state index is -1.02. The maximum atomic E-state index is 13.3. The van der Waals surface area contributed by atoms with Crippen molar-refractivity contribution in [2.24, 2.45) is 11.7 Å². The van der Waals surface area contributed by atoms with Crippen molar-refractivity contribution in [2.45, 2.75) is 82.7 Å². The molecule has 16 nitrogen and oxygen atoms in total. The SMILES string of the molecule is CSC1CC(=O)N(CCCCCC(=O)NC(C(=O)N[C@@H](CCCNC(N)=O)C(=O)Nc2ccc(COC(=O)NO)cc2)C(C)C)C1=O. The molecule has 0 aromatic heterocycles. The molecule has 0 saturated carbocycles. The van der Waals surface area contributed by atoms with Gasteiger partial charge in [0.2, 0.25) is 29.5 Å². The highest BCUT2D eigenvalue weighted by Crippen LogP contribution is 2.23. The van der Waals surface area contributed by atoms with E-state index in [0.29, 0.717) is 43.5 Å². The van der Waals surface area contributed by atoms with Crippen LogP contribution in [0.4, 0.5) is 15.3 Å². The van der Waals surface area contributed by atoms with Gasteiger partial charge in [-0.15, -0.1) is 0 Å². The van der Waals surface area contributed by atoms with Crippen molar-refractivity contribution in [3.05, 3.63) is 29.8 Å². The normalized spacial score (nSPS) is 15.5. The number of primary amides is 1. The predicted octanol–water partition coefficient (Wildman–Crippen LogP) is 1.37. The lowest BCUT2D eigenvalue weighted by molar-refractivity contribution is -0.138. The number of hydroxylamine groups is 1. The number of rotatable bonds is 19. The Hall–Kier alpha value is -4.38. The summed E-state index contributed by atoms with van der Waals surface area (Å²) in [6.07, 6.45) is 3.28. The maximum Gasteiger partial charge on any atom is 0.431 e. The second-order valence-corrected chi connectivity index (χ2v) is 12.3. The number of urea groups is 1. The lowest BCUT2D eigenvalue weighted by Crippen LogP contribution is -2.54. The molecule has 1 aliphatic rings. The molecule has 17 heteroatoms. The number of hydrogen-bond acceptors (Lipinski definition) is 10. The Morgan fingerprint density at radius 2 is 1.72 bits per heavy atom. The number of ether oxygens (including phenoxy) is 1. The number of nitrogens with two attached hydrogens (primary N) is 1. The molecule has 1 aromatic carbocycles. The number of imide groups is 1. The molecule has 1 fully saturated rings. The van der Waals surface area contributed by atoms with Crippen molar-refractivity contribution in [3.8, 4) is 0 Å². The third-order valence-corrected chi connectivity index (χ3v) is 8.26. The molecule has 0 aliphatic carbocycles. The van der Waals surface area contributed by atoms with Gasteiger partial charge in [-0.05, 0) is 55.6 Å². The van der Waals surface area contributed by atoms with Gasteiger partial charge in [0.25, 0.3) is 0 Å². The van der Waals surface area contributed by atoms with Crippen LogP contribution in [0.3, 0.4) is 0 Å². The van der Waals surface area contributed by atoms with Crippen LogP contribution in [0.1, 0.15) is 64.4 Å². The van der Waals surface area contributed by atoms with Crippen molar-refractivity contribution in [1.82, 2.24) is 26.3 Å². The molecule has 8 N–H and O–H groups in total. The Morgan fingerprint density at radius 1 is 1.02 bits per heavy atom. The first kappa shape index (κ1) is 38.8. The van der Waals surface area contributed by atoms with Crippen LogP contribution in [0.5, 0.6) is 0 Å². The minimum Gasteiger partial charge on any atom is -0.443 e. The Labute approximate surface area is 277 Å². The topological polar surface area (TPSA) is 238 Å². The molecule has 3 atom stereocenters. The van der Waals surface area contributed by atoms with Gasteiger partial charge in [-0.3, -0.25) is 34.1 Å². The molecule has 2 rings (SSSR count). The Kier molecular flexibility index (Phi) is 16.5. The molecule has 8 amide bonds. The fraction of sp³-hybridized carbons (Fsp3) is 0.567. The van der Waals surface area contributed by atoms with Gasteiger partial charge in [-0.1, -0.05) is 32.4 Å². The number of amides is 8. The van der Waals surface area contributed by atoms with Gasteiger partial charge >= 0.3 is 12.1 Å². The van der Waals surface area contributed by atoms with Crippen molar-refractivity contribution < 1.29 is 43.5 Å². The molecule has 0 spiro atoms. The summed E-state index contributed by atoms with van der Waals surface area (Å²) in [5.41, 5.74) is 7.46. The highest BCUT2D eigenvalue weighted by Gasteiger charge is 2.37. The molecule has 47 heavy (non-hydrogen) atoms. The van der Waals surface area contributed by atoms with E-state index in [9.17, 15) is 33.6 Å². The number of carbonyl (C=O) groups is 7. The van der Waals surface area contributed by atoms with Gasteiger partial charge in [0.15, 0.2) is 0 Å². The number of thioether (sulfide) groups is 1. The van der Waals surface area contributed by atoms with E-state index in [1.54, 1.807) is 44.4 Å². The Morgan fingerprint density at radius 3 is 2.32 bits per heavy atom. The van der Waals surface area contributed by atoms with Crippen LogP contribution in [0.25, 0.3) is 0 Å². The molecule has 1 saturated heterocycles. The smallest absolute Gasteiger partial charge is 0.431 e. The number of likely N-dealkylation sites (tertiary alicyclic amines) is 1. The molecule has 0 bridgehead atoms. The quantitative estimate of drug-likeness (QED) is 0.0480. The highest BCUT2D eigenvalue weighted by molar-refractivity contribution is 8.00. The Balaban J connectivity index is 1.93. The number of anilines is 1. The standard InChI is InChI=1S/C30H45N7O9S/c1-18(2)25(35-23(38)9-5-4-6-15-37-24(39)16-22(47-3)28(37)42)27(41)34-21(8-7-14-32-29(31)43)26(40)33-20-12-10-19(11-13-20)17-46-30(44)36-45/h10-13,18,21-22,25,45H,4-9,14-17H2,1-3H3,(H,33,40)(H,34,41)(H,35,38)(H,36,44)(H3,31,32,43)/t21-,22?,25?/m0/s1. The fourth-order valence-electron chi connectivity index (χ4n) is 4.73. The number of benzene rings is 1. The summed E-state index contributed by atoms with van der Waals surface area (Å²) in [6.45, 7) is 3.89. The number of hydrogen-bond donors (Lipinski definition) is 7. The van der Waals surface area contributed by atoms with E-state index in [1.165, 1.54) is 22.1 Å². The van der Waals surface area contributed by atoms with Crippen molar-refractivity contribution >= 4 is 59.1 Å². The molecule has 1 aromatic rings. The molecule has 1 heterocycles. The molecule has 0 radical (unpaired) electrons. The first-order valence-corrected chi connectivity index (χ1v) is 16.6.